The lowest BCUT2D eigenvalue weighted by molar-refractivity contribution is -0.121. The number of rotatable bonds is 3. The van der Waals surface area contributed by atoms with Gasteiger partial charge in [-0.1, -0.05) is 24.3 Å². The first kappa shape index (κ1) is 9.83. The van der Waals surface area contributed by atoms with Crippen LogP contribution in [0.1, 0.15) is 26.3 Å². The summed E-state index contributed by atoms with van der Waals surface area (Å²) in [6.07, 6.45) is 0.523. The number of ketones is 1. The molecule has 2 rings (SSSR count). The Morgan fingerprint density at radius 2 is 2.20 bits per heavy atom. The molecule has 4 nitrogen and oxygen atoms in total. The van der Waals surface area contributed by atoms with Crippen molar-refractivity contribution >= 4 is 16.8 Å². The number of nitrogens with zero attached hydrogens (tertiary/aromatic N) is 3. The molecule has 0 spiro atoms. The van der Waals surface area contributed by atoms with Crippen LogP contribution in [0.5, 0.6) is 0 Å². The first-order chi connectivity index (χ1) is 7.24. The van der Waals surface area contributed by atoms with Crippen LogP contribution in [0.3, 0.4) is 0 Å². The number of hydrogen-bond donors (Lipinski definition) is 0. The van der Waals surface area contributed by atoms with Gasteiger partial charge < -0.3 is 0 Å². The molecule has 0 saturated heterocycles. The first-order valence-electron chi connectivity index (χ1n) is 5.06. The van der Waals surface area contributed by atoms with Gasteiger partial charge in [-0.15, -0.1) is 5.10 Å². The van der Waals surface area contributed by atoms with Crippen LogP contribution in [0.2, 0.25) is 0 Å². The third-order valence-electron chi connectivity index (χ3n) is 2.56. The van der Waals surface area contributed by atoms with Crippen LogP contribution in [-0.2, 0) is 4.79 Å². The Balaban J connectivity index is 2.48. The Morgan fingerprint density at radius 3 is 2.93 bits per heavy atom. The molecule has 1 atom stereocenters. The molecule has 0 aliphatic rings. The topological polar surface area (TPSA) is 47.8 Å². The zero-order chi connectivity index (χ0) is 10.8. The summed E-state index contributed by atoms with van der Waals surface area (Å²) in [4.78, 5) is 11.6. The summed E-state index contributed by atoms with van der Waals surface area (Å²) in [6, 6.07) is 7.41. The highest BCUT2D eigenvalue weighted by Crippen LogP contribution is 2.16. The Labute approximate surface area is 87.9 Å². The van der Waals surface area contributed by atoms with E-state index < -0.39 is 0 Å². The lowest BCUT2D eigenvalue weighted by atomic mass is 10.1. The highest BCUT2D eigenvalue weighted by atomic mass is 16.1. The summed E-state index contributed by atoms with van der Waals surface area (Å²) in [5, 5.41) is 8.03. The van der Waals surface area contributed by atoms with E-state index in [4.69, 9.17) is 0 Å². The van der Waals surface area contributed by atoms with E-state index in [2.05, 4.69) is 10.3 Å². The quantitative estimate of drug-likeness (QED) is 0.766. The third kappa shape index (κ3) is 1.63. The molecule has 0 amide bonds. The van der Waals surface area contributed by atoms with Gasteiger partial charge in [-0.2, -0.15) is 0 Å². The summed E-state index contributed by atoms with van der Waals surface area (Å²) < 4.78 is 1.68. The number of carbonyl (C=O) groups excluding carboxylic acids is 1. The molecule has 15 heavy (non-hydrogen) atoms. The van der Waals surface area contributed by atoms with Crippen LogP contribution in [0.4, 0.5) is 0 Å². The second-order valence-corrected chi connectivity index (χ2v) is 3.52. The molecule has 1 unspecified atom stereocenters. The fourth-order valence-electron chi connectivity index (χ4n) is 1.60. The van der Waals surface area contributed by atoms with Crippen LogP contribution in [-0.4, -0.2) is 20.8 Å². The van der Waals surface area contributed by atoms with E-state index in [1.54, 1.807) is 4.68 Å². The van der Waals surface area contributed by atoms with Gasteiger partial charge in [-0.05, 0) is 19.1 Å². The van der Waals surface area contributed by atoms with E-state index in [1.807, 2.05) is 38.1 Å². The van der Waals surface area contributed by atoms with Gasteiger partial charge in [0, 0.05) is 6.42 Å². The first-order valence-corrected chi connectivity index (χ1v) is 5.06. The van der Waals surface area contributed by atoms with Gasteiger partial charge >= 0.3 is 0 Å². The maximum atomic E-state index is 11.6. The fourth-order valence-corrected chi connectivity index (χ4v) is 1.60. The molecule has 1 aromatic heterocycles. The summed E-state index contributed by atoms with van der Waals surface area (Å²) in [6.45, 7) is 3.71. The van der Waals surface area contributed by atoms with E-state index in [9.17, 15) is 4.79 Å². The second-order valence-electron chi connectivity index (χ2n) is 3.52. The van der Waals surface area contributed by atoms with E-state index in [0.29, 0.717) is 6.42 Å². The van der Waals surface area contributed by atoms with Crippen LogP contribution in [0.15, 0.2) is 24.3 Å². The monoisotopic (exact) mass is 203 g/mol. The molecule has 0 aliphatic carbocycles. The lowest BCUT2D eigenvalue weighted by Gasteiger charge is -2.09. The predicted octanol–water partition coefficient (Wildman–Crippen LogP) is 1.97. The van der Waals surface area contributed by atoms with Crippen molar-refractivity contribution in [2.45, 2.75) is 26.3 Å². The van der Waals surface area contributed by atoms with Crippen LogP contribution < -0.4 is 0 Å². The van der Waals surface area contributed by atoms with Crippen molar-refractivity contribution in [2.75, 3.05) is 0 Å². The van der Waals surface area contributed by atoms with Gasteiger partial charge in [-0.3, -0.25) is 4.79 Å². The fraction of sp³-hybridized carbons (Fsp3) is 0.364. The van der Waals surface area contributed by atoms with Crippen LogP contribution in [0.25, 0.3) is 11.0 Å². The minimum atomic E-state index is -0.234. The summed E-state index contributed by atoms with van der Waals surface area (Å²) in [5.74, 6) is 0.172. The maximum Gasteiger partial charge on any atom is 0.156 e. The molecule has 0 aliphatic heterocycles. The van der Waals surface area contributed by atoms with Crippen molar-refractivity contribution in [3.63, 3.8) is 0 Å². The Morgan fingerprint density at radius 1 is 1.47 bits per heavy atom. The van der Waals surface area contributed by atoms with Gasteiger partial charge in [0.05, 0.1) is 5.52 Å². The minimum Gasteiger partial charge on any atom is -0.297 e. The largest absolute Gasteiger partial charge is 0.297 e. The number of fused-ring (bicyclic) bond motifs is 1. The molecule has 78 valence electrons. The maximum absolute atomic E-state index is 11.6. The zero-order valence-corrected chi connectivity index (χ0v) is 8.84. The molecular weight excluding hydrogens is 190 g/mol. The van der Waals surface area contributed by atoms with Crippen molar-refractivity contribution < 1.29 is 4.79 Å². The number of Topliss-reactive ketones (excluding diaryl/α,β-unsaturated/α-hetero) is 1. The minimum absolute atomic E-state index is 0.172. The van der Waals surface area contributed by atoms with Gasteiger partial charge in [0.25, 0.3) is 0 Å². The van der Waals surface area contributed by atoms with Gasteiger partial charge in [0.1, 0.15) is 11.6 Å². The SMILES string of the molecule is CCC(=O)C(C)n1nnc2ccccc21. The number of carbonyl (C=O) groups is 1. The number of para-hydroxylation sites is 1. The van der Waals surface area contributed by atoms with Crippen LogP contribution in [0, 0.1) is 0 Å². The molecule has 1 heterocycles. The van der Waals surface area contributed by atoms with Gasteiger partial charge in [0.15, 0.2) is 5.78 Å². The van der Waals surface area contributed by atoms with Crippen molar-refractivity contribution in [2.24, 2.45) is 0 Å². The van der Waals surface area contributed by atoms with Crippen molar-refractivity contribution in [1.82, 2.24) is 15.0 Å². The smallest absolute Gasteiger partial charge is 0.156 e. The normalized spacial score (nSPS) is 12.9. The summed E-state index contributed by atoms with van der Waals surface area (Å²) >= 11 is 0. The van der Waals surface area contributed by atoms with E-state index in [-0.39, 0.29) is 11.8 Å². The van der Waals surface area contributed by atoms with Crippen molar-refractivity contribution in [3.05, 3.63) is 24.3 Å². The van der Waals surface area contributed by atoms with Gasteiger partial charge in [0.2, 0.25) is 0 Å². The molecule has 0 N–H and O–H groups in total. The number of aromatic nitrogens is 3. The molecule has 0 radical (unpaired) electrons. The molecule has 0 saturated carbocycles. The standard InChI is InChI=1S/C11H13N3O/c1-3-11(15)8(2)14-10-7-5-4-6-9(10)12-13-14/h4-8H,3H2,1-2H3. The van der Waals surface area contributed by atoms with Crippen molar-refractivity contribution in [3.8, 4) is 0 Å². The highest BCUT2D eigenvalue weighted by molar-refractivity contribution is 5.84. The van der Waals surface area contributed by atoms with Gasteiger partial charge in [-0.25, -0.2) is 4.68 Å². The predicted molar refractivity (Wildman–Crippen MR) is 57.5 cm³/mol. The zero-order valence-electron chi connectivity index (χ0n) is 8.84. The molecule has 2 aromatic rings. The Kier molecular flexibility index (Phi) is 2.49. The Hall–Kier alpha value is -1.71. The highest BCUT2D eigenvalue weighted by Gasteiger charge is 2.16. The lowest BCUT2D eigenvalue weighted by Crippen LogP contribution is -2.16. The Bertz CT molecular complexity index is 489. The number of hydrogen-bond acceptors (Lipinski definition) is 3. The van der Waals surface area contributed by atoms with E-state index in [0.717, 1.165) is 11.0 Å². The van der Waals surface area contributed by atoms with Crippen molar-refractivity contribution in [1.29, 1.82) is 0 Å². The van der Waals surface area contributed by atoms with Crippen LogP contribution >= 0.6 is 0 Å². The second kappa shape index (κ2) is 3.81. The number of benzene rings is 1. The molecular formula is C11H13N3O. The molecule has 0 bridgehead atoms. The van der Waals surface area contributed by atoms with E-state index in [1.165, 1.54) is 0 Å². The summed E-state index contributed by atoms with van der Waals surface area (Å²) in [7, 11) is 0. The van der Waals surface area contributed by atoms with E-state index >= 15 is 0 Å². The average molecular weight is 203 g/mol. The average Bonchev–Trinajstić information content (AvgIpc) is 2.70. The third-order valence-corrected chi connectivity index (χ3v) is 2.56. The summed E-state index contributed by atoms with van der Waals surface area (Å²) in [5.41, 5.74) is 1.74. The molecule has 4 heteroatoms. The molecule has 1 aromatic carbocycles. The molecule has 0 fully saturated rings.